The molecule has 3 heterocycles. The molecule has 4 nitrogen and oxygen atoms in total. The first kappa shape index (κ1) is 21.8. The van der Waals surface area contributed by atoms with Gasteiger partial charge in [0, 0.05) is 48.3 Å². The third kappa shape index (κ3) is 4.25. The number of allylic oxidation sites excluding steroid dienone is 2. The Morgan fingerprint density at radius 3 is 2.33 bits per heavy atom. The van der Waals surface area contributed by atoms with E-state index < -0.39 is 0 Å². The molecule has 0 amide bonds. The Labute approximate surface area is 211 Å². The first-order chi connectivity index (χ1) is 17.8. The Hall–Kier alpha value is -4.70. The van der Waals surface area contributed by atoms with Gasteiger partial charge in [0.15, 0.2) is 0 Å². The largest absolute Gasteiger partial charge is 0.387 e. The van der Waals surface area contributed by atoms with Crippen LogP contribution in [0.15, 0.2) is 122 Å². The van der Waals surface area contributed by atoms with Gasteiger partial charge in [-0.25, -0.2) is 4.98 Å². The number of benzene rings is 3. The van der Waals surface area contributed by atoms with E-state index in [4.69, 9.17) is 4.98 Å². The second kappa shape index (κ2) is 9.51. The maximum absolute atomic E-state index is 4.98. The van der Waals surface area contributed by atoms with E-state index >= 15 is 0 Å². The topological polar surface area (TPSA) is 41.0 Å². The molecule has 1 aliphatic rings. The lowest BCUT2D eigenvalue weighted by molar-refractivity contribution is 0.974. The second-order valence-electron chi connectivity index (χ2n) is 8.87. The molecule has 1 N–H and O–H groups in total. The fourth-order valence-electron chi connectivity index (χ4n) is 4.68. The summed E-state index contributed by atoms with van der Waals surface area (Å²) in [5.74, 6) is 0. The highest BCUT2D eigenvalue weighted by Gasteiger charge is 2.12. The average Bonchev–Trinajstić information content (AvgIpc) is 2.97. The summed E-state index contributed by atoms with van der Waals surface area (Å²) in [6.07, 6.45) is 9.85. The third-order valence-corrected chi connectivity index (χ3v) is 6.63. The summed E-state index contributed by atoms with van der Waals surface area (Å²) in [4.78, 5) is 11.4. The van der Waals surface area contributed by atoms with Gasteiger partial charge in [-0.2, -0.15) is 0 Å². The summed E-state index contributed by atoms with van der Waals surface area (Å²) >= 11 is 0. The number of aromatic nitrogens is 2. The molecule has 36 heavy (non-hydrogen) atoms. The first-order valence-corrected chi connectivity index (χ1v) is 12.1. The molecular weight excluding hydrogens is 440 g/mol. The molecule has 6 rings (SSSR count). The Kier molecular flexibility index (Phi) is 5.76. The molecule has 0 aliphatic carbocycles. The van der Waals surface area contributed by atoms with Crippen molar-refractivity contribution in [3.8, 4) is 22.4 Å². The predicted molar refractivity (Wildman–Crippen MR) is 150 cm³/mol. The maximum Gasteiger partial charge on any atom is 0.0716 e. The molecule has 174 valence electrons. The van der Waals surface area contributed by atoms with Crippen molar-refractivity contribution < 1.29 is 0 Å². The Morgan fingerprint density at radius 2 is 1.53 bits per heavy atom. The van der Waals surface area contributed by atoms with Crippen LogP contribution in [0.5, 0.6) is 0 Å². The third-order valence-electron chi connectivity index (χ3n) is 6.63. The molecule has 1 aliphatic heterocycles. The zero-order valence-electron chi connectivity index (χ0n) is 20.1. The predicted octanol–water partition coefficient (Wildman–Crippen LogP) is 7.23. The summed E-state index contributed by atoms with van der Waals surface area (Å²) in [6, 6.07) is 32.1. The number of nitrogens with zero attached hydrogens (tertiary/aromatic N) is 3. The Bertz CT molecular complexity index is 1580. The summed E-state index contributed by atoms with van der Waals surface area (Å²) in [5, 5.41) is 5.71. The van der Waals surface area contributed by atoms with Gasteiger partial charge in [0.2, 0.25) is 0 Å². The van der Waals surface area contributed by atoms with E-state index in [1.165, 1.54) is 16.5 Å². The van der Waals surface area contributed by atoms with Crippen LogP contribution in [0.2, 0.25) is 0 Å². The fraction of sp³-hybridized carbons (Fsp3) is 0.0625. The normalized spacial score (nSPS) is 12.8. The summed E-state index contributed by atoms with van der Waals surface area (Å²) < 4.78 is 0. The maximum atomic E-state index is 4.98. The van der Waals surface area contributed by atoms with Gasteiger partial charge in [0.05, 0.1) is 11.4 Å². The highest BCUT2D eigenvalue weighted by molar-refractivity contribution is 5.96. The van der Waals surface area contributed by atoms with Crippen molar-refractivity contribution in [1.82, 2.24) is 15.3 Å². The number of rotatable bonds is 5. The molecule has 0 spiro atoms. The Balaban J connectivity index is 1.38. The van der Waals surface area contributed by atoms with E-state index in [1.807, 2.05) is 30.7 Å². The van der Waals surface area contributed by atoms with Crippen LogP contribution in [-0.4, -0.2) is 23.6 Å². The zero-order chi connectivity index (χ0) is 24.3. The molecule has 0 radical (unpaired) electrons. The number of hydrogen-bond acceptors (Lipinski definition) is 4. The van der Waals surface area contributed by atoms with Gasteiger partial charge in [0.1, 0.15) is 0 Å². The summed E-state index contributed by atoms with van der Waals surface area (Å²) in [7, 11) is 2.12. The van der Waals surface area contributed by atoms with Crippen LogP contribution < -0.4 is 10.2 Å². The number of fused-ring (bicyclic) bond motifs is 1. The number of nitrogens with one attached hydrogen (secondary N) is 1. The molecule has 0 saturated carbocycles. The van der Waals surface area contributed by atoms with E-state index in [0.29, 0.717) is 0 Å². The van der Waals surface area contributed by atoms with Gasteiger partial charge in [-0.3, -0.25) is 4.98 Å². The molecule has 0 unspecified atom stereocenters. The van der Waals surface area contributed by atoms with Crippen molar-refractivity contribution in [3.05, 3.63) is 127 Å². The molecule has 0 saturated heterocycles. The van der Waals surface area contributed by atoms with Crippen molar-refractivity contribution in [3.63, 3.8) is 0 Å². The van der Waals surface area contributed by atoms with Gasteiger partial charge >= 0.3 is 0 Å². The fourth-order valence-corrected chi connectivity index (χ4v) is 4.68. The second-order valence-corrected chi connectivity index (χ2v) is 8.87. The molecule has 0 atom stereocenters. The lowest BCUT2D eigenvalue weighted by Crippen LogP contribution is -2.09. The van der Waals surface area contributed by atoms with Crippen LogP contribution in [0.4, 0.5) is 11.4 Å². The average molecular weight is 467 g/mol. The highest BCUT2D eigenvalue weighted by Crippen LogP contribution is 2.34. The first-order valence-electron chi connectivity index (χ1n) is 12.1. The molecule has 0 bridgehead atoms. The number of pyridine rings is 2. The minimum Gasteiger partial charge on any atom is -0.387 e. The minimum absolute atomic E-state index is 0.803. The molecular formula is C32H26N4. The molecule has 5 aromatic rings. The van der Waals surface area contributed by atoms with Gasteiger partial charge in [-0.15, -0.1) is 0 Å². The zero-order valence-corrected chi connectivity index (χ0v) is 20.1. The minimum atomic E-state index is 0.803. The highest BCUT2D eigenvalue weighted by atomic mass is 15.1. The van der Waals surface area contributed by atoms with Crippen LogP contribution >= 0.6 is 0 Å². The van der Waals surface area contributed by atoms with Crippen molar-refractivity contribution in [2.45, 2.75) is 0 Å². The van der Waals surface area contributed by atoms with Crippen LogP contribution in [-0.2, 0) is 0 Å². The van der Waals surface area contributed by atoms with Gasteiger partial charge < -0.3 is 10.2 Å². The monoisotopic (exact) mass is 466 g/mol. The van der Waals surface area contributed by atoms with Crippen molar-refractivity contribution in [2.24, 2.45) is 0 Å². The summed E-state index contributed by atoms with van der Waals surface area (Å²) in [6.45, 7) is 0.803. The smallest absolute Gasteiger partial charge is 0.0716 e. The van der Waals surface area contributed by atoms with Crippen molar-refractivity contribution in [1.29, 1.82) is 0 Å². The van der Waals surface area contributed by atoms with E-state index in [1.54, 1.807) is 0 Å². The molecule has 0 fully saturated rings. The van der Waals surface area contributed by atoms with Crippen LogP contribution in [0.3, 0.4) is 0 Å². The van der Waals surface area contributed by atoms with Gasteiger partial charge in [-0.1, -0.05) is 54.6 Å². The van der Waals surface area contributed by atoms with Crippen LogP contribution in [0.25, 0.3) is 38.7 Å². The van der Waals surface area contributed by atoms with Crippen LogP contribution in [0, 0.1) is 0 Å². The molecule has 3 aromatic carbocycles. The molecule has 2 aromatic heterocycles. The van der Waals surface area contributed by atoms with E-state index in [9.17, 15) is 0 Å². The van der Waals surface area contributed by atoms with Crippen molar-refractivity contribution >= 4 is 27.7 Å². The van der Waals surface area contributed by atoms with Crippen LogP contribution in [0.1, 0.15) is 5.69 Å². The number of hydrogen-bond donors (Lipinski definition) is 1. The lowest BCUT2D eigenvalue weighted by atomic mass is 9.99. The molecule has 4 heteroatoms. The van der Waals surface area contributed by atoms with E-state index in [0.717, 1.165) is 45.9 Å². The van der Waals surface area contributed by atoms with E-state index in [-0.39, 0.29) is 0 Å². The Morgan fingerprint density at radius 1 is 0.750 bits per heavy atom. The van der Waals surface area contributed by atoms with Gasteiger partial charge in [-0.05, 0) is 76.8 Å². The van der Waals surface area contributed by atoms with Crippen molar-refractivity contribution in [2.75, 3.05) is 18.5 Å². The number of dihydropyridines is 1. The lowest BCUT2D eigenvalue weighted by Gasteiger charge is -2.22. The van der Waals surface area contributed by atoms with Gasteiger partial charge in [0.25, 0.3) is 0 Å². The SMILES string of the molecule is CN(c1ccc(-c2cc(C3=CCNC=C3)nc(-c3ccncc3)c2)cc1)c1cccc2ccccc12. The standard InChI is InChI=1S/C32H26N4/c1-36(32-8-4-6-24-5-2-3-7-29(24)32)28-11-9-23(10-12-28)27-21-30(25-13-17-33-18-14-25)35-31(22-27)26-15-19-34-20-16-26/h2-19,21-22,34H,20H2,1H3. The quantitative estimate of drug-likeness (QED) is 0.297. The summed E-state index contributed by atoms with van der Waals surface area (Å²) in [5.41, 5.74) is 8.71. The van der Waals surface area contributed by atoms with E-state index in [2.05, 4.69) is 113 Å². The number of anilines is 2.